The van der Waals surface area contributed by atoms with Crippen LogP contribution in [0.1, 0.15) is 0 Å². The van der Waals surface area contributed by atoms with E-state index in [2.05, 4.69) is 146 Å². The van der Waals surface area contributed by atoms with Crippen molar-refractivity contribution in [2.45, 2.75) is 0 Å². The molecule has 0 bridgehead atoms. The highest BCUT2D eigenvalue weighted by Gasteiger charge is 2.19. The summed E-state index contributed by atoms with van der Waals surface area (Å²) in [6, 6.07) is 57.9. The molecule has 7 aromatic carbocycles. The molecule has 0 amide bonds. The third-order valence-corrected chi connectivity index (χ3v) is 11.7. The topological polar surface area (TPSA) is 38.7 Å². The molecule has 0 aliphatic carbocycles. The lowest BCUT2D eigenvalue weighted by molar-refractivity contribution is 1.08. The Hall–Kier alpha value is -6.01. The van der Waals surface area contributed by atoms with E-state index in [0.717, 1.165) is 16.7 Å². The van der Waals surface area contributed by atoms with Crippen molar-refractivity contribution in [1.82, 2.24) is 15.0 Å². The highest BCUT2D eigenvalue weighted by atomic mass is 32.1. The van der Waals surface area contributed by atoms with Gasteiger partial charge in [0.1, 0.15) is 0 Å². The first-order valence-electron chi connectivity index (χ1n) is 16.6. The smallest absolute Gasteiger partial charge is 0.165 e. The molecule has 0 fully saturated rings. The minimum atomic E-state index is 0.666. The van der Waals surface area contributed by atoms with Gasteiger partial charge < -0.3 is 0 Å². The van der Waals surface area contributed by atoms with E-state index in [9.17, 15) is 0 Å². The minimum absolute atomic E-state index is 0.666. The van der Waals surface area contributed by atoms with Crippen LogP contribution in [0.25, 0.3) is 96.8 Å². The molecule has 0 unspecified atom stereocenters. The monoisotopic (exact) mass is 673 g/mol. The molecule has 0 aliphatic rings. The lowest BCUT2D eigenvalue weighted by Gasteiger charge is -2.10. The molecule has 3 nitrogen and oxygen atoms in total. The molecule has 5 heteroatoms. The summed E-state index contributed by atoms with van der Waals surface area (Å²) in [7, 11) is 0. The number of fused-ring (bicyclic) bond motifs is 6. The SMILES string of the molecule is c1ccc(-c2ccc(-c3ccc4sc5cccc(-c6nc(-c7ccccc7)nc(-c7cccc8c7sc7ccccc78)n6)c5c4c3)cc2)cc1. The molecule has 234 valence electrons. The van der Waals surface area contributed by atoms with E-state index in [1.54, 1.807) is 11.3 Å². The van der Waals surface area contributed by atoms with Crippen molar-refractivity contribution in [2.75, 3.05) is 0 Å². The molecule has 10 rings (SSSR count). The summed E-state index contributed by atoms with van der Waals surface area (Å²) in [6.45, 7) is 0. The van der Waals surface area contributed by atoms with Crippen LogP contribution in [0.5, 0.6) is 0 Å². The summed E-state index contributed by atoms with van der Waals surface area (Å²) in [6.07, 6.45) is 0. The van der Waals surface area contributed by atoms with Gasteiger partial charge in [0.05, 0.1) is 0 Å². The van der Waals surface area contributed by atoms with Gasteiger partial charge in [0.2, 0.25) is 0 Å². The van der Waals surface area contributed by atoms with E-state index in [-0.39, 0.29) is 0 Å². The van der Waals surface area contributed by atoms with Crippen molar-refractivity contribution in [3.05, 3.63) is 164 Å². The van der Waals surface area contributed by atoms with Gasteiger partial charge in [0.25, 0.3) is 0 Å². The number of aromatic nitrogens is 3. The van der Waals surface area contributed by atoms with Gasteiger partial charge in [-0.3, -0.25) is 0 Å². The number of benzene rings is 7. The largest absolute Gasteiger partial charge is 0.208 e. The van der Waals surface area contributed by atoms with E-state index in [1.165, 1.54) is 62.6 Å². The second kappa shape index (κ2) is 11.8. The van der Waals surface area contributed by atoms with Crippen LogP contribution in [0.2, 0.25) is 0 Å². The summed E-state index contributed by atoms with van der Waals surface area (Å²) < 4.78 is 4.90. The number of hydrogen-bond acceptors (Lipinski definition) is 5. The van der Waals surface area contributed by atoms with Gasteiger partial charge in [-0.05, 0) is 52.6 Å². The molecule has 0 spiro atoms. The van der Waals surface area contributed by atoms with Gasteiger partial charge in [-0.1, -0.05) is 133 Å². The Morgan fingerprint density at radius 3 is 1.66 bits per heavy atom. The zero-order valence-corrected chi connectivity index (χ0v) is 28.4. The van der Waals surface area contributed by atoms with Crippen LogP contribution >= 0.6 is 22.7 Å². The highest BCUT2D eigenvalue weighted by molar-refractivity contribution is 7.26. The van der Waals surface area contributed by atoms with Gasteiger partial charge >= 0.3 is 0 Å². The fraction of sp³-hybridized carbons (Fsp3) is 0. The van der Waals surface area contributed by atoms with Crippen LogP contribution in [0, 0.1) is 0 Å². The standard InChI is InChI=1S/C45H27N3S2/c1-3-11-28(12-4-1)29-21-23-30(24-22-29)32-25-26-39-37(27-32)41-35(17-10-20-40(41)49-39)44-46-43(31-13-5-2-6-14-31)47-45(48-44)36-18-9-16-34-33-15-7-8-19-38(33)50-42(34)36/h1-27H. The van der Waals surface area contributed by atoms with Crippen molar-refractivity contribution in [1.29, 1.82) is 0 Å². The van der Waals surface area contributed by atoms with E-state index in [0.29, 0.717) is 17.5 Å². The lowest BCUT2D eigenvalue weighted by Crippen LogP contribution is -2.00. The van der Waals surface area contributed by atoms with E-state index in [1.807, 2.05) is 29.5 Å². The van der Waals surface area contributed by atoms with Gasteiger partial charge in [-0.2, -0.15) is 0 Å². The summed E-state index contributed by atoms with van der Waals surface area (Å²) in [5.74, 6) is 2.02. The quantitative estimate of drug-likeness (QED) is 0.182. The average Bonchev–Trinajstić information content (AvgIpc) is 3.77. The number of nitrogens with zero attached hydrogens (tertiary/aromatic N) is 3. The Labute approximate surface area is 296 Å². The van der Waals surface area contributed by atoms with Gasteiger partial charge in [0, 0.05) is 57.0 Å². The summed E-state index contributed by atoms with van der Waals surface area (Å²) in [4.78, 5) is 15.5. The Bertz CT molecular complexity index is 2850. The van der Waals surface area contributed by atoms with Crippen LogP contribution in [-0.2, 0) is 0 Å². The normalized spacial score (nSPS) is 11.6. The molecule has 50 heavy (non-hydrogen) atoms. The summed E-state index contributed by atoms with van der Waals surface area (Å²) in [5.41, 5.74) is 7.80. The summed E-state index contributed by atoms with van der Waals surface area (Å²) >= 11 is 3.60. The molecule has 0 saturated carbocycles. The van der Waals surface area contributed by atoms with Crippen molar-refractivity contribution in [3.8, 4) is 56.4 Å². The fourth-order valence-corrected chi connectivity index (χ4v) is 9.26. The van der Waals surface area contributed by atoms with Crippen molar-refractivity contribution < 1.29 is 0 Å². The van der Waals surface area contributed by atoms with Crippen LogP contribution in [0.15, 0.2) is 164 Å². The first-order chi connectivity index (χ1) is 24.8. The van der Waals surface area contributed by atoms with Crippen LogP contribution in [-0.4, -0.2) is 15.0 Å². The molecule has 0 radical (unpaired) electrons. The maximum atomic E-state index is 5.26. The predicted octanol–water partition coefficient (Wildman–Crippen LogP) is 12.9. The molecular weight excluding hydrogens is 647 g/mol. The van der Waals surface area contributed by atoms with Crippen molar-refractivity contribution >= 4 is 63.0 Å². The maximum Gasteiger partial charge on any atom is 0.165 e. The number of hydrogen-bond donors (Lipinski definition) is 0. The fourth-order valence-electron chi connectivity index (χ4n) is 6.93. The Balaban J connectivity index is 1.16. The zero-order chi connectivity index (χ0) is 33.0. The second-order valence-corrected chi connectivity index (χ2v) is 14.5. The first kappa shape index (κ1) is 29.0. The van der Waals surface area contributed by atoms with Crippen molar-refractivity contribution in [3.63, 3.8) is 0 Å². The first-order valence-corrected chi connectivity index (χ1v) is 18.2. The van der Waals surface area contributed by atoms with Gasteiger partial charge in [-0.25, -0.2) is 15.0 Å². The van der Waals surface area contributed by atoms with Gasteiger partial charge in [0.15, 0.2) is 17.5 Å². The summed E-state index contributed by atoms with van der Waals surface area (Å²) in [5, 5.41) is 4.86. The van der Waals surface area contributed by atoms with Crippen LogP contribution < -0.4 is 0 Å². The Morgan fingerprint density at radius 1 is 0.320 bits per heavy atom. The predicted molar refractivity (Wildman–Crippen MR) is 213 cm³/mol. The molecule has 3 heterocycles. The molecule has 0 aliphatic heterocycles. The van der Waals surface area contributed by atoms with Crippen LogP contribution in [0.4, 0.5) is 0 Å². The Morgan fingerprint density at radius 2 is 0.860 bits per heavy atom. The van der Waals surface area contributed by atoms with E-state index in [4.69, 9.17) is 15.0 Å². The third-order valence-electron chi connectivity index (χ3n) is 9.37. The average molecular weight is 674 g/mol. The molecule has 0 atom stereocenters. The second-order valence-electron chi connectivity index (χ2n) is 12.4. The van der Waals surface area contributed by atoms with Crippen molar-refractivity contribution in [2.24, 2.45) is 0 Å². The third kappa shape index (κ3) is 4.90. The molecule has 3 aromatic heterocycles. The minimum Gasteiger partial charge on any atom is -0.208 e. The molecule has 10 aromatic rings. The van der Waals surface area contributed by atoms with E-state index < -0.39 is 0 Å². The van der Waals surface area contributed by atoms with Gasteiger partial charge in [-0.15, -0.1) is 22.7 Å². The zero-order valence-electron chi connectivity index (χ0n) is 26.7. The van der Waals surface area contributed by atoms with E-state index >= 15 is 0 Å². The van der Waals surface area contributed by atoms with Crippen LogP contribution in [0.3, 0.4) is 0 Å². The molecular formula is C45H27N3S2. The number of thiophene rings is 2. The highest BCUT2D eigenvalue weighted by Crippen LogP contribution is 2.43. The molecule has 0 N–H and O–H groups in total. The Kier molecular flexibility index (Phi) is 6.86. The number of rotatable bonds is 5. The molecule has 0 saturated heterocycles. The maximum absolute atomic E-state index is 5.26. The lowest BCUT2D eigenvalue weighted by atomic mass is 9.98.